The third-order valence-corrected chi connectivity index (χ3v) is 2.66. The van der Waals surface area contributed by atoms with Crippen LogP contribution in [-0.2, 0) is 0 Å². The van der Waals surface area contributed by atoms with Crippen molar-refractivity contribution in [1.29, 1.82) is 0 Å². The molecule has 1 unspecified atom stereocenters. The summed E-state index contributed by atoms with van der Waals surface area (Å²) in [4.78, 5) is 4.07. The number of hydrogen-bond acceptors (Lipinski definition) is 4. The van der Waals surface area contributed by atoms with Gasteiger partial charge in [0.1, 0.15) is 5.69 Å². The van der Waals surface area contributed by atoms with Crippen molar-refractivity contribution in [3.05, 3.63) is 35.9 Å². The monoisotopic (exact) mass is 217 g/mol. The summed E-state index contributed by atoms with van der Waals surface area (Å²) in [5, 5.41) is 11.5. The first-order chi connectivity index (χ1) is 7.74. The molecule has 5 nitrogen and oxygen atoms in total. The SMILES string of the molecule is CNC(C)c1nnn(-c2cccnc2)c1C. The van der Waals surface area contributed by atoms with E-state index in [0.29, 0.717) is 0 Å². The Balaban J connectivity index is 2.41. The van der Waals surface area contributed by atoms with Crippen molar-refractivity contribution >= 4 is 0 Å². The second-order valence-corrected chi connectivity index (χ2v) is 3.69. The minimum atomic E-state index is 0.199. The van der Waals surface area contributed by atoms with Crippen LogP contribution in [-0.4, -0.2) is 27.0 Å². The van der Waals surface area contributed by atoms with Crippen LogP contribution >= 0.6 is 0 Å². The number of nitrogens with zero attached hydrogens (tertiary/aromatic N) is 4. The van der Waals surface area contributed by atoms with Crippen LogP contribution in [0.3, 0.4) is 0 Å². The van der Waals surface area contributed by atoms with Gasteiger partial charge >= 0.3 is 0 Å². The van der Waals surface area contributed by atoms with Gasteiger partial charge in [0.15, 0.2) is 0 Å². The fourth-order valence-electron chi connectivity index (χ4n) is 1.60. The second kappa shape index (κ2) is 4.40. The van der Waals surface area contributed by atoms with E-state index in [0.717, 1.165) is 17.1 Å². The standard InChI is InChI=1S/C11H15N5/c1-8(12-3)11-9(2)16(15-14-11)10-5-4-6-13-7-10/h4-8,12H,1-3H3. The Kier molecular flexibility index (Phi) is 2.96. The van der Waals surface area contributed by atoms with Crippen molar-refractivity contribution < 1.29 is 0 Å². The molecule has 0 radical (unpaired) electrons. The molecule has 0 saturated carbocycles. The summed E-state index contributed by atoms with van der Waals surface area (Å²) in [5.41, 5.74) is 2.93. The van der Waals surface area contributed by atoms with Gasteiger partial charge in [0.25, 0.3) is 0 Å². The Labute approximate surface area is 94.5 Å². The molecule has 0 aliphatic heterocycles. The quantitative estimate of drug-likeness (QED) is 0.840. The van der Waals surface area contributed by atoms with Gasteiger partial charge in [-0.05, 0) is 33.0 Å². The van der Waals surface area contributed by atoms with Gasteiger partial charge in [-0.1, -0.05) is 5.21 Å². The zero-order valence-electron chi connectivity index (χ0n) is 9.68. The first-order valence-corrected chi connectivity index (χ1v) is 5.24. The summed E-state index contributed by atoms with van der Waals surface area (Å²) in [6.45, 7) is 4.07. The van der Waals surface area contributed by atoms with Gasteiger partial charge in [0.2, 0.25) is 0 Å². The average molecular weight is 217 g/mol. The highest BCUT2D eigenvalue weighted by Crippen LogP contribution is 2.16. The van der Waals surface area contributed by atoms with Crippen molar-refractivity contribution in [2.75, 3.05) is 7.05 Å². The molecule has 0 fully saturated rings. The lowest BCUT2D eigenvalue weighted by atomic mass is 10.2. The summed E-state index contributed by atoms with van der Waals surface area (Å²) in [7, 11) is 1.91. The van der Waals surface area contributed by atoms with Crippen LogP contribution in [0.2, 0.25) is 0 Å². The molecule has 1 N–H and O–H groups in total. The maximum Gasteiger partial charge on any atom is 0.103 e. The van der Waals surface area contributed by atoms with E-state index in [4.69, 9.17) is 0 Å². The number of nitrogens with one attached hydrogen (secondary N) is 1. The van der Waals surface area contributed by atoms with E-state index >= 15 is 0 Å². The first-order valence-electron chi connectivity index (χ1n) is 5.24. The molecule has 2 heterocycles. The number of pyridine rings is 1. The van der Waals surface area contributed by atoms with Crippen LogP contribution < -0.4 is 5.32 Å². The summed E-state index contributed by atoms with van der Waals surface area (Å²) in [6, 6.07) is 4.05. The van der Waals surface area contributed by atoms with Crippen molar-refractivity contribution in [2.24, 2.45) is 0 Å². The van der Waals surface area contributed by atoms with Gasteiger partial charge < -0.3 is 5.32 Å². The van der Waals surface area contributed by atoms with E-state index in [2.05, 4.69) is 27.5 Å². The molecule has 0 spiro atoms. The molecule has 0 saturated heterocycles. The third kappa shape index (κ3) is 1.81. The molecule has 0 aliphatic carbocycles. The second-order valence-electron chi connectivity index (χ2n) is 3.69. The van der Waals surface area contributed by atoms with Crippen molar-refractivity contribution in [2.45, 2.75) is 19.9 Å². The van der Waals surface area contributed by atoms with Crippen molar-refractivity contribution in [3.63, 3.8) is 0 Å². The van der Waals surface area contributed by atoms with Gasteiger partial charge in [-0.3, -0.25) is 4.98 Å². The van der Waals surface area contributed by atoms with Crippen LogP contribution in [0.5, 0.6) is 0 Å². The fourth-order valence-corrected chi connectivity index (χ4v) is 1.60. The van der Waals surface area contributed by atoms with Crippen LogP contribution in [0.4, 0.5) is 0 Å². The number of hydrogen-bond donors (Lipinski definition) is 1. The molecule has 0 bridgehead atoms. The topological polar surface area (TPSA) is 55.6 Å². The van der Waals surface area contributed by atoms with Gasteiger partial charge in [-0.2, -0.15) is 0 Å². The zero-order chi connectivity index (χ0) is 11.5. The molecule has 2 aromatic heterocycles. The normalized spacial score (nSPS) is 12.7. The smallest absolute Gasteiger partial charge is 0.103 e. The zero-order valence-corrected chi connectivity index (χ0v) is 9.68. The van der Waals surface area contributed by atoms with E-state index in [-0.39, 0.29) is 6.04 Å². The number of rotatable bonds is 3. The Morgan fingerprint density at radius 3 is 2.88 bits per heavy atom. The lowest BCUT2D eigenvalue weighted by molar-refractivity contribution is 0.627. The summed E-state index contributed by atoms with van der Waals surface area (Å²) < 4.78 is 1.80. The Bertz CT molecular complexity index is 462. The summed E-state index contributed by atoms with van der Waals surface area (Å²) in [6.07, 6.45) is 3.52. The van der Waals surface area contributed by atoms with Crippen LogP contribution in [0.25, 0.3) is 5.69 Å². The molecule has 84 valence electrons. The molecule has 0 aromatic carbocycles. The lowest BCUT2D eigenvalue weighted by Gasteiger charge is -2.07. The third-order valence-electron chi connectivity index (χ3n) is 2.66. The molecule has 2 rings (SSSR count). The number of aromatic nitrogens is 4. The molecular formula is C11H15N5. The Morgan fingerprint density at radius 1 is 1.44 bits per heavy atom. The van der Waals surface area contributed by atoms with E-state index in [1.54, 1.807) is 17.1 Å². The van der Waals surface area contributed by atoms with Crippen molar-refractivity contribution in [3.8, 4) is 5.69 Å². The molecule has 1 atom stereocenters. The summed E-state index contributed by atoms with van der Waals surface area (Å²) >= 11 is 0. The van der Waals surface area contributed by atoms with Crippen molar-refractivity contribution in [1.82, 2.24) is 25.3 Å². The molecule has 2 aromatic rings. The van der Waals surface area contributed by atoms with Crippen LogP contribution in [0.1, 0.15) is 24.4 Å². The molecule has 16 heavy (non-hydrogen) atoms. The van der Waals surface area contributed by atoms with Gasteiger partial charge in [-0.25, -0.2) is 4.68 Å². The van der Waals surface area contributed by atoms with E-state index in [1.165, 1.54) is 0 Å². The van der Waals surface area contributed by atoms with Gasteiger partial charge in [-0.15, -0.1) is 5.10 Å². The highest BCUT2D eigenvalue weighted by atomic mass is 15.4. The fraction of sp³-hybridized carbons (Fsp3) is 0.364. The molecule has 0 amide bonds. The van der Waals surface area contributed by atoms with E-state index < -0.39 is 0 Å². The highest BCUT2D eigenvalue weighted by Gasteiger charge is 2.14. The van der Waals surface area contributed by atoms with Gasteiger partial charge in [0.05, 0.1) is 23.6 Å². The Morgan fingerprint density at radius 2 is 2.25 bits per heavy atom. The Hall–Kier alpha value is -1.75. The minimum Gasteiger partial charge on any atom is -0.312 e. The molecular weight excluding hydrogens is 202 g/mol. The van der Waals surface area contributed by atoms with Crippen LogP contribution in [0, 0.1) is 6.92 Å². The molecule has 0 aliphatic rings. The van der Waals surface area contributed by atoms with E-state index in [9.17, 15) is 0 Å². The predicted molar refractivity (Wildman–Crippen MR) is 61.4 cm³/mol. The lowest BCUT2D eigenvalue weighted by Crippen LogP contribution is -2.14. The predicted octanol–water partition coefficient (Wildman–Crippen LogP) is 1.25. The summed E-state index contributed by atoms with van der Waals surface area (Å²) in [5.74, 6) is 0. The largest absolute Gasteiger partial charge is 0.312 e. The average Bonchev–Trinajstić information content (AvgIpc) is 2.71. The van der Waals surface area contributed by atoms with Gasteiger partial charge in [0, 0.05) is 6.20 Å². The van der Waals surface area contributed by atoms with Crippen LogP contribution in [0.15, 0.2) is 24.5 Å². The maximum absolute atomic E-state index is 4.19. The van der Waals surface area contributed by atoms with E-state index in [1.807, 2.05) is 26.1 Å². The molecule has 5 heteroatoms. The highest BCUT2D eigenvalue weighted by molar-refractivity contribution is 5.30. The maximum atomic E-state index is 4.19. The minimum absolute atomic E-state index is 0.199. The first kappa shape index (κ1) is 10.8.